The Morgan fingerprint density at radius 1 is 1.43 bits per heavy atom. The van der Waals surface area contributed by atoms with Gasteiger partial charge in [0, 0.05) is 11.5 Å². The van der Waals surface area contributed by atoms with Crippen molar-refractivity contribution in [2.24, 2.45) is 4.99 Å². The number of aliphatic imine (C=N–C) groups is 1. The van der Waals surface area contributed by atoms with Crippen LogP contribution in [-0.4, -0.2) is 27.3 Å². The van der Waals surface area contributed by atoms with Gasteiger partial charge in [0.1, 0.15) is 0 Å². The van der Waals surface area contributed by atoms with Crippen LogP contribution < -0.4 is 0 Å². The van der Waals surface area contributed by atoms with E-state index in [1.165, 1.54) is 36.5 Å². The Morgan fingerprint density at radius 3 is 2.86 bits per heavy atom. The Hall–Kier alpha value is 0.460. The Kier molecular flexibility index (Phi) is 6.90. The molecule has 1 rings (SSSR count). The van der Waals surface area contributed by atoms with Gasteiger partial charge in [-0.15, -0.1) is 0 Å². The van der Waals surface area contributed by atoms with Gasteiger partial charge in [-0.2, -0.15) is 11.8 Å². The molecule has 0 bridgehead atoms. The average Bonchev–Trinajstić information content (AvgIpc) is 2.58. The van der Waals surface area contributed by atoms with Crippen LogP contribution in [-0.2, 0) is 0 Å². The molecule has 4 heteroatoms. The number of thiocarbonyl (C=S) groups is 1. The minimum Gasteiger partial charge on any atom is -0.238 e. The largest absolute Gasteiger partial charge is 0.238 e. The molecule has 0 saturated carbocycles. The van der Waals surface area contributed by atoms with Crippen LogP contribution in [0.1, 0.15) is 32.6 Å². The molecule has 0 N–H and O–H groups in total. The monoisotopic (exact) mass is 247 g/mol. The molecule has 0 saturated heterocycles. The van der Waals surface area contributed by atoms with Gasteiger partial charge in [-0.25, -0.2) is 4.99 Å². The lowest BCUT2D eigenvalue weighted by Gasteiger charge is -2.00. The van der Waals surface area contributed by atoms with Crippen LogP contribution in [0.25, 0.3) is 0 Å². The van der Waals surface area contributed by atoms with Crippen molar-refractivity contribution in [2.45, 2.75) is 32.6 Å². The Morgan fingerprint density at radius 2 is 2.21 bits per heavy atom. The van der Waals surface area contributed by atoms with Gasteiger partial charge in [-0.05, 0) is 30.8 Å². The van der Waals surface area contributed by atoms with E-state index in [0.29, 0.717) is 0 Å². The normalized spacial score (nSPS) is 16.1. The van der Waals surface area contributed by atoms with E-state index >= 15 is 0 Å². The van der Waals surface area contributed by atoms with Gasteiger partial charge >= 0.3 is 0 Å². The quantitative estimate of drug-likeness (QED) is 0.502. The minimum atomic E-state index is 0.832. The summed E-state index contributed by atoms with van der Waals surface area (Å²) in [5, 5.41) is 0. The zero-order valence-corrected chi connectivity index (χ0v) is 11.1. The molecule has 0 fully saturated rings. The summed E-state index contributed by atoms with van der Waals surface area (Å²) in [6.07, 6.45) is 5.07. The minimum absolute atomic E-state index is 0.832. The summed E-state index contributed by atoms with van der Waals surface area (Å²) < 4.78 is 0.832. The molecule has 0 amide bonds. The third kappa shape index (κ3) is 5.37. The average molecular weight is 247 g/mol. The van der Waals surface area contributed by atoms with E-state index in [9.17, 15) is 0 Å². The van der Waals surface area contributed by atoms with Crippen LogP contribution >= 0.6 is 35.7 Å². The van der Waals surface area contributed by atoms with Crippen molar-refractivity contribution >= 4 is 45.8 Å². The summed E-state index contributed by atoms with van der Waals surface area (Å²) in [4.78, 5) is 4.32. The molecule has 0 aliphatic carbocycles. The highest BCUT2D eigenvalue weighted by atomic mass is 32.2. The van der Waals surface area contributed by atoms with Gasteiger partial charge in [-0.1, -0.05) is 37.3 Å². The van der Waals surface area contributed by atoms with Crippen LogP contribution in [0, 0.1) is 0 Å². The first-order valence-corrected chi connectivity index (χ1v) is 7.68. The number of thioether (sulfide) groups is 2. The smallest absolute Gasteiger partial charge is 0.160 e. The molecule has 1 heterocycles. The first-order valence-electron chi connectivity index (χ1n) is 5.14. The Labute approximate surface area is 101 Å². The predicted molar refractivity (Wildman–Crippen MR) is 74.0 cm³/mol. The summed E-state index contributed by atoms with van der Waals surface area (Å²) in [5.74, 6) is 3.63. The Balaban J connectivity index is 1.94. The third-order valence-corrected chi connectivity index (χ3v) is 4.42. The molecule has 1 nitrogen and oxygen atoms in total. The highest BCUT2D eigenvalue weighted by Crippen LogP contribution is 2.17. The maximum Gasteiger partial charge on any atom is 0.160 e. The zero-order valence-electron chi connectivity index (χ0n) is 8.62. The van der Waals surface area contributed by atoms with Crippen LogP contribution in [0.4, 0.5) is 0 Å². The number of hydrogen-bond donors (Lipinski definition) is 0. The first-order chi connectivity index (χ1) is 6.83. The SMILES string of the molecule is CCCCSCCCC1=NC(=S)SC1. The first kappa shape index (κ1) is 12.5. The highest BCUT2D eigenvalue weighted by molar-refractivity contribution is 8.23. The van der Waals surface area contributed by atoms with Gasteiger partial charge in [0.05, 0.1) is 0 Å². The standard InChI is InChI=1S/C10H17NS3/c1-2-3-6-13-7-4-5-9-8-14-10(12)11-9/h2-8H2,1H3. The zero-order chi connectivity index (χ0) is 10.2. The van der Waals surface area contributed by atoms with Crippen LogP contribution in [0.5, 0.6) is 0 Å². The lowest BCUT2D eigenvalue weighted by Crippen LogP contribution is -1.98. The molecule has 0 spiro atoms. The second-order valence-corrected chi connectivity index (χ2v) is 6.14. The molecule has 0 radical (unpaired) electrons. The van der Waals surface area contributed by atoms with Crippen molar-refractivity contribution in [2.75, 3.05) is 17.3 Å². The molecular formula is C10H17NS3. The van der Waals surface area contributed by atoms with Gasteiger partial charge in [0.15, 0.2) is 4.32 Å². The fraction of sp³-hybridized carbons (Fsp3) is 0.800. The lowest BCUT2D eigenvalue weighted by atomic mass is 10.2. The van der Waals surface area contributed by atoms with Crippen LogP contribution in [0.15, 0.2) is 4.99 Å². The molecule has 0 atom stereocenters. The van der Waals surface area contributed by atoms with Crippen molar-refractivity contribution in [1.82, 2.24) is 0 Å². The number of hydrogen-bond acceptors (Lipinski definition) is 3. The van der Waals surface area contributed by atoms with Crippen LogP contribution in [0.2, 0.25) is 0 Å². The van der Waals surface area contributed by atoms with Gasteiger partial charge < -0.3 is 0 Å². The van der Waals surface area contributed by atoms with Gasteiger partial charge in [0.25, 0.3) is 0 Å². The summed E-state index contributed by atoms with van der Waals surface area (Å²) in [5.41, 5.74) is 1.30. The number of rotatable bonds is 7. The number of unbranched alkanes of at least 4 members (excludes halogenated alkanes) is 1. The van der Waals surface area contributed by atoms with E-state index in [1.54, 1.807) is 11.8 Å². The Bertz CT molecular complexity index is 213. The summed E-state index contributed by atoms with van der Waals surface area (Å²) >= 11 is 8.77. The van der Waals surface area contributed by atoms with Gasteiger partial charge in [-0.3, -0.25) is 0 Å². The molecule has 14 heavy (non-hydrogen) atoms. The summed E-state index contributed by atoms with van der Waals surface area (Å²) in [7, 11) is 0. The predicted octanol–water partition coefficient (Wildman–Crippen LogP) is 3.77. The second-order valence-electron chi connectivity index (χ2n) is 3.30. The van der Waals surface area contributed by atoms with E-state index < -0.39 is 0 Å². The molecule has 1 aliphatic rings. The molecule has 80 valence electrons. The van der Waals surface area contributed by atoms with E-state index in [2.05, 4.69) is 23.7 Å². The van der Waals surface area contributed by atoms with Crippen molar-refractivity contribution in [3.63, 3.8) is 0 Å². The number of nitrogens with zero attached hydrogens (tertiary/aromatic N) is 1. The van der Waals surface area contributed by atoms with E-state index in [-0.39, 0.29) is 0 Å². The maximum atomic E-state index is 5.00. The second kappa shape index (κ2) is 7.71. The van der Waals surface area contributed by atoms with Crippen molar-refractivity contribution in [3.05, 3.63) is 0 Å². The third-order valence-electron chi connectivity index (χ3n) is 2.01. The summed E-state index contributed by atoms with van der Waals surface area (Å²) in [6.45, 7) is 2.24. The fourth-order valence-electron chi connectivity index (χ4n) is 1.19. The molecule has 0 unspecified atom stereocenters. The van der Waals surface area contributed by atoms with E-state index in [0.717, 1.165) is 16.5 Å². The summed E-state index contributed by atoms with van der Waals surface area (Å²) in [6, 6.07) is 0. The highest BCUT2D eigenvalue weighted by Gasteiger charge is 2.10. The van der Waals surface area contributed by atoms with E-state index in [1.807, 2.05) is 0 Å². The molecule has 0 aromatic heterocycles. The van der Waals surface area contributed by atoms with Crippen molar-refractivity contribution in [3.8, 4) is 0 Å². The van der Waals surface area contributed by atoms with Crippen molar-refractivity contribution < 1.29 is 0 Å². The molecule has 1 aliphatic heterocycles. The lowest BCUT2D eigenvalue weighted by molar-refractivity contribution is 0.893. The van der Waals surface area contributed by atoms with Crippen LogP contribution in [0.3, 0.4) is 0 Å². The molecule has 0 aromatic rings. The van der Waals surface area contributed by atoms with E-state index in [4.69, 9.17) is 12.2 Å². The molecule has 0 aromatic carbocycles. The van der Waals surface area contributed by atoms with Gasteiger partial charge in [0.2, 0.25) is 0 Å². The molecular weight excluding hydrogens is 230 g/mol. The topological polar surface area (TPSA) is 12.4 Å². The van der Waals surface area contributed by atoms with Crippen molar-refractivity contribution in [1.29, 1.82) is 0 Å². The fourth-order valence-corrected chi connectivity index (χ4v) is 3.24. The maximum absolute atomic E-state index is 5.00.